The molecule has 3 aromatic rings. The van der Waals surface area contributed by atoms with Crippen molar-refractivity contribution in [2.45, 2.75) is 19.9 Å². The molecule has 0 unspecified atom stereocenters. The fraction of sp³-hybridized carbons (Fsp3) is 0.154. The zero-order chi connectivity index (χ0) is 25.3. The van der Waals surface area contributed by atoms with E-state index >= 15 is 0 Å². The van der Waals surface area contributed by atoms with Crippen molar-refractivity contribution in [1.29, 1.82) is 0 Å². The van der Waals surface area contributed by atoms with E-state index < -0.39 is 36.3 Å². The number of anilines is 1. The molecule has 7 nitrogen and oxygen atoms in total. The molecule has 9 heteroatoms. The first kappa shape index (κ1) is 24.6. The third-order valence-electron chi connectivity index (χ3n) is 5.77. The zero-order valence-corrected chi connectivity index (χ0v) is 21.1. The highest BCUT2D eigenvalue weighted by Gasteiger charge is 2.39. The Bertz CT molecular complexity index is 1360. The topological polar surface area (TPSA) is 92.8 Å². The molecule has 0 radical (unpaired) electrons. The van der Waals surface area contributed by atoms with Gasteiger partial charge in [0.1, 0.15) is 0 Å². The molecular weight excluding hydrogens is 536 g/mol. The number of carbonyl (C=O) groups excluding carboxylic acids is 4. The minimum absolute atomic E-state index is 0.0646. The van der Waals surface area contributed by atoms with Crippen molar-refractivity contribution in [2.24, 2.45) is 0 Å². The first-order valence-corrected chi connectivity index (χ1v) is 11.8. The standard InChI is InChI=1S/C26H20BrClN2O5/c1-14-21(11-10-20(27)23(14)28)29-22(31)13-35-26(34)17-8-9-18-19(12-17)25(33)30(24(18)32)15(2)16-6-4-3-5-7-16/h3-12,15H,13H2,1-2H3,(H,29,31)/t15-/m0/s1. The molecule has 0 spiro atoms. The molecule has 0 bridgehead atoms. The van der Waals surface area contributed by atoms with Crippen LogP contribution in [0.3, 0.4) is 0 Å². The van der Waals surface area contributed by atoms with Crippen molar-refractivity contribution >= 4 is 56.9 Å². The van der Waals surface area contributed by atoms with Crippen molar-refractivity contribution in [3.05, 3.63) is 98.0 Å². The number of halogens is 2. The number of hydrogen-bond acceptors (Lipinski definition) is 5. The monoisotopic (exact) mass is 554 g/mol. The van der Waals surface area contributed by atoms with E-state index in [1.54, 1.807) is 26.0 Å². The second-order valence-electron chi connectivity index (χ2n) is 7.99. The number of nitrogens with zero attached hydrogens (tertiary/aromatic N) is 1. The number of imide groups is 1. The van der Waals surface area contributed by atoms with Gasteiger partial charge in [0.15, 0.2) is 6.61 Å². The molecule has 178 valence electrons. The highest BCUT2D eigenvalue weighted by atomic mass is 79.9. The lowest BCUT2D eigenvalue weighted by molar-refractivity contribution is -0.119. The Morgan fingerprint density at radius 1 is 1.03 bits per heavy atom. The van der Waals surface area contributed by atoms with Gasteiger partial charge in [-0.05, 0) is 71.2 Å². The van der Waals surface area contributed by atoms with Crippen LogP contribution in [0.5, 0.6) is 0 Å². The smallest absolute Gasteiger partial charge is 0.338 e. The van der Waals surface area contributed by atoms with E-state index in [0.29, 0.717) is 20.7 Å². The number of ether oxygens (including phenoxy) is 1. The molecule has 0 saturated carbocycles. The van der Waals surface area contributed by atoms with Crippen molar-refractivity contribution in [3.8, 4) is 0 Å². The van der Waals surface area contributed by atoms with Crippen molar-refractivity contribution in [2.75, 3.05) is 11.9 Å². The van der Waals surface area contributed by atoms with E-state index in [4.69, 9.17) is 16.3 Å². The Balaban J connectivity index is 1.44. The second-order valence-corrected chi connectivity index (χ2v) is 9.22. The number of rotatable bonds is 6. The van der Waals surface area contributed by atoms with Gasteiger partial charge in [-0.3, -0.25) is 19.3 Å². The first-order chi connectivity index (χ1) is 16.7. The Morgan fingerprint density at radius 2 is 1.71 bits per heavy atom. The highest BCUT2D eigenvalue weighted by molar-refractivity contribution is 9.10. The number of esters is 1. The zero-order valence-electron chi connectivity index (χ0n) is 18.8. The van der Waals surface area contributed by atoms with Gasteiger partial charge in [-0.15, -0.1) is 0 Å². The van der Waals surface area contributed by atoms with E-state index in [9.17, 15) is 19.2 Å². The molecule has 1 aliphatic heterocycles. The molecule has 1 N–H and O–H groups in total. The fourth-order valence-corrected chi connectivity index (χ4v) is 4.40. The summed E-state index contributed by atoms with van der Waals surface area (Å²) in [4.78, 5) is 51.9. The summed E-state index contributed by atoms with van der Waals surface area (Å²) in [5.41, 5.74) is 2.38. The number of carbonyl (C=O) groups is 4. The second kappa shape index (κ2) is 10.0. The predicted molar refractivity (Wildman–Crippen MR) is 135 cm³/mol. The minimum Gasteiger partial charge on any atom is -0.452 e. The fourth-order valence-electron chi connectivity index (χ4n) is 3.81. The normalized spacial score (nSPS) is 13.4. The van der Waals surface area contributed by atoms with Crippen LogP contribution in [0.2, 0.25) is 5.02 Å². The summed E-state index contributed by atoms with van der Waals surface area (Å²) >= 11 is 9.48. The molecule has 0 saturated heterocycles. The third kappa shape index (κ3) is 4.85. The maximum Gasteiger partial charge on any atom is 0.338 e. The lowest BCUT2D eigenvalue weighted by atomic mass is 10.1. The predicted octanol–water partition coefficient (Wildman–Crippen LogP) is 5.56. The summed E-state index contributed by atoms with van der Waals surface area (Å²) in [5.74, 6) is -2.25. The van der Waals surface area contributed by atoms with E-state index in [0.717, 1.165) is 5.56 Å². The van der Waals surface area contributed by atoms with Crippen LogP contribution >= 0.6 is 27.5 Å². The molecule has 1 heterocycles. The third-order valence-corrected chi connectivity index (χ3v) is 7.15. The number of benzene rings is 3. The van der Waals surface area contributed by atoms with Gasteiger partial charge in [-0.1, -0.05) is 41.9 Å². The van der Waals surface area contributed by atoms with Gasteiger partial charge in [0.2, 0.25) is 0 Å². The van der Waals surface area contributed by atoms with E-state index in [1.807, 2.05) is 30.3 Å². The maximum absolute atomic E-state index is 13.0. The van der Waals surface area contributed by atoms with Crippen LogP contribution in [0.4, 0.5) is 5.69 Å². The van der Waals surface area contributed by atoms with Crippen LogP contribution in [0.1, 0.15) is 55.2 Å². The largest absolute Gasteiger partial charge is 0.452 e. The van der Waals surface area contributed by atoms with Crippen LogP contribution in [-0.2, 0) is 9.53 Å². The number of nitrogens with one attached hydrogen (secondary N) is 1. The maximum atomic E-state index is 13.0. The average Bonchev–Trinajstić information content (AvgIpc) is 3.12. The van der Waals surface area contributed by atoms with Crippen LogP contribution in [-0.4, -0.2) is 35.2 Å². The quantitative estimate of drug-likeness (QED) is 0.317. The van der Waals surface area contributed by atoms with Crippen LogP contribution in [0.15, 0.2) is 65.1 Å². The molecule has 0 fully saturated rings. The lowest BCUT2D eigenvalue weighted by Gasteiger charge is -2.22. The van der Waals surface area contributed by atoms with Crippen LogP contribution in [0.25, 0.3) is 0 Å². The van der Waals surface area contributed by atoms with Gasteiger partial charge >= 0.3 is 5.97 Å². The van der Waals surface area contributed by atoms with Crippen LogP contribution in [0, 0.1) is 6.92 Å². The van der Waals surface area contributed by atoms with E-state index in [-0.39, 0.29) is 16.7 Å². The van der Waals surface area contributed by atoms with E-state index in [1.165, 1.54) is 23.1 Å². The lowest BCUT2D eigenvalue weighted by Crippen LogP contribution is -2.32. The molecule has 3 aromatic carbocycles. The van der Waals surface area contributed by atoms with Gasteiger partial charge in [-0.25, -0.2) is 4.79 Å². The molecule has 4 rings (SSSR count). The van der Waals surface area contributed by atoms with Crippen molar-refractivity contribution < 1.29 is 23.9 Å². The van der Waals surface area contributed by atoms with Gasteiger partial charge in [-0.2, -0.15) is 0 Å². The number of fused-ring (bicyclic) bond motifs is 1. The molecule has 0 aromatic heterocycles. The SMILES string of the molecule is Cc1c(NC(=O)COC(=O)c2ccc3c(c2)C(=O)N([C@@H](C)c2ccccc2)C3=O)ccc(Br)c1Cl. The summed E-state index contributed by atoms with van der Waals surface area (Å²) < 4.78 is 5.82. The molecule has 1 atom stereocenters. The van der Waals surface area contributed by atoms with Gasteiger partial charge < -0.3 is 10.1 Å². The average molecular weight is 556 g/mol. The summed E-state index contributed by atoms with van der Waals surface area (Å²) in [6.07, 6.45) is 0. The first-order valence-electron chi connectivity index (χ1n) is 10.7. The van der Waals surface area contributed by atoms with Gasteiger partial charge in [0, 0.05) is 10.2 Å². The molecule has 0 aliphatic carbocycles. The van der Waals surface area contributed by atoms with Crippen molar-refractivity contribution in [1.82, 2.24) is 4.90 Å². The number of amides is 3. The molecule has 1 aliphatic rings. The minimum atomic E-state index is -0.789. The Labute approximate surface area is 215 Å². The summed E-state index contributed by atoms with van der Waals surface area (Å²) in [7, 11) is 0. The van der Waals surface area contributed by atoms with Crippen molar-refractivity contribution in [3.63, 3.8) is 0 Å². The Morgan fingerprint density at radius 3 is 2.43 bits per heavy atom. The molecular formula is C26H20BrClN2O5. The van der Waals surface area contributed by atoms with Crippen LogP contribution < -0.4 is 5.32 Å². The van der Waals surface area contributed by atoms with E-state index in [2.05, 4.69) is 21.2 Å². The summed E-state index contributed by atoms with van der Waals surface area (Å²) in [6, 6.07) is 16.3. The van der Waals surface area contributed by atoms with Gasteiger partial charge in [0.05, 0.1) is 27.8 Å². The Kier molecular flexibility index (Phi) is 7.05. The highest BCUT2D eigenvalue weighted by Crippen LogP contribution is 2.32. The Hall–Kier alpha value is -3.49. The molecule has 35 heavy (non-hydrogen) atoms. The summed E-state index contributed by atoms with van der Waals surface area (Å²) in [6.45, 7) is 2.98. The summed E-state index contributed by atoms with van der Waals surface area (Å²) in [5, 5.41) is 3.11. The molecule has 3 amide bonds. The van der Waals surface area contributed by atoms with Gasteiger partial charge in [0.25, 0.3) is 17.7 Å². The number of hydrogen-bond donors (Lipinski definition) is 1.